The molecule has 2 amide bonds. The zero-order chi connectivity index (χ0) is 27.8. The van der Waals surface area contributed by atoms with E-state index in [-0.39, 0.29) is 27.7 Å². The predicted octanol–water partition coefficient (Wildman–Crippen LogP) is 10.0. The van der Waals surface area contributed by atoms with E-state index in [0.29, 0.717) is 11.1 Å². The maximum absolute atomic E-state index is 13.6. The number of amides is 2. The van der Waals surface area contributed by atoms with Gasteiger partial charge in [-0.05, 0) is 98.5 Å². The summed E-state index contributed by atoms with van der Waals surface area (Å²) in [5.74, 6) is -0.312. The van der Waals surface area contributed by atoms with E-state index < -0.39 is 0 Å². The Morgan fingerprint density at radius 1 is 0.585 bits per heavy atom. The molecule has 4 fully saturated rings. The number of carbonyl (C=O) groups excluding carboxylic acids is 2. The molecule has 1 heterocycles. The Morgan fingerprint density at radius 2 is 0.927 bits per heavy atom. The Hall–Kier alpha value is -1.56. The largest absolute Gasteiger partial charge is 0.268 e. The molecule has 0 atom stereocenters. The summed E-state index contributed by atoms with van der Waals surface area (Å²) in [7, 11) is -0.194. The van der Waals surface area contributed by atoms with Gasteiger partial charge in [-0.25, -0.2) is 0 Å². The van der Waals surface area contributed by atoms with Gasteiger partial charge >= 0.3 is 0 Å². The van der Waals surface area contributed by atoms with Gasteiger partial charge in [-0.1, -0.05) is 85.0 Å². The second kappa shape index (κ2) is 12.6. The van der Waals surface area contributed by atoms with Crippen LogP contribution in [0.25, 0.3) is 0 Å². The highest BCUT2D eigenvalue weighted by Crippen LogP contribution is 2.61. The summed E-state index contributed by atoms with van der Waals surface area (Å²) in [4.78, 5) is 28.7. The zero-order valence-electron chi connectivity index (χ0n) is 24.7. The molecule has 0 unspecified atom stereocenters. The maximum Gasteiger partial charge on any atom is 0.264 e. The molecule has 0 radical (unpaired) electrons. The van der Waals surface area contributed by atoms with Gasteiger partial charge in [0.25, 0.3) is 11.8 Å². The van der Waals surface area contributed by atoms with Crippen LogP contribution in [-0.4, -0.2) is 34.5 Å². The lowest BCUT2D eigenvalue weighted by Gasteiger charge is -2.35. The third-order valence-electron chi connectivity index (χ3n) is 10.9. The van der Waals surface area contributed by atoms with E-state index in [4.69, 9.17) is 0 Å². The van der Waals surface area contributed by atoms with Crippen molar-refractivity contribution in [2.45, 2.75) is 138 Å². The Kier molecular flexibility index (Phi) is 8.66. The number of imide groups is 1. The minimum absolute atomic E-state index is 0.0968. The molecule has 4 saturated carbocycles. The summed E-state index contributed by atoms with van der Waals surface area (Å²) in [6, 6.07) is 15.7. The first-order valence-electron chi connectivity index (χ1n) is 16.7. The van der Waals surface area contributed by atoms with Crippen molar-refractivity contribution in [1.29, 1.82) is 0 Å². The van der Waals surface area contributed by atoms with Crippen molar-refractivity contribution in [3.05, 3.63) is 64.7 Å². The van der Waals surface area contributed by atoms with Crippen LogP contribution in [0.5, 0.6) is 0 Å². The third kappa shape index (κ3) is 5.85. The molecule has 7 rings (SSSR count). The molecule has 2 aromatic rings. The monoisotopic (exact) mass is 586 g/mol. The highest BCUT2D eigenvalue weighted by Gasteiger charge is 2.37. The number of fused-ring (bicyclic) bond motifs is 1. The second-order valence-electron chi connectivity index (χ2n) is 13.5. The van der Waals surface area contributed by atoms with Gasteiger partial charge in [0.1, 0.15) is 0 Å². The lowest BCUT2D eigenvalue weighted by molar-refractivity contribution is 0.0926. The minimum Gasteiger partial charge on any atom is -0.268 e. The average Bonchev–Trinajstić information content (AvgIpc) is 3.84. The Morgan fingerprint density at radius 3 is 1.27 bits per heavy atom. The van der Waals surface area contributed by atoms with E-state index in [2.05, 4.69) is 18.2 Å². The first-order valence-corrected chi connectivity index (χ1v) is 20.0. The van der Waals surface area contributed by atoms with Crippen LogP contribution in [0, 0.1) is 6.07 Å². The SMILES string of the molecule is O=C1c2ccccc2C(=O)N1c1cc(CP(C2CCCC2)C2CCCC2)[c-]c(CP(C2CCCC2)C2CCCC2)c1. The van der Waals surface area contributed by atoms with Crippen molar-refractivity contribution in [3.63, 3.8) is 0 Å². The molecule has 5 heteroatoms. The smallest absolute Gasteiger partial charge is 0.264 e. The Labute approximate surface area is 249 Å². The van der Waals surface area contributed by atoms with Crippen LogP contribution in [0.2, 0.25) is 0 Å². The van der Waals surface area contributed by atoms with Crippen LogP contribution in [0.1, 0.15) is 135 Å². The minimum atomic E-state index is -0.156. The molecule has 41 heavy (non-hydrogen) atoms. The number of anilines is 1. The van der Waals surface area contributed by atoms with Gasteiger partial charge in [-0.2, -0.15) is 17.2 Å². The summed E-state index contributed by atoms with van der Waals surface area (Å²) in [6.07, 6.45) is 24.7. The van der Waals surface area contributed by atoms with E-state index >= 15 is 0 Å². The normalized spacial score (nSPS) is 22.8. The fraction of sp³-hybridized carbons (Fsp3) is 0.611. The van der Waals surface area contributed by atoms with Gasteiger partial charge < -0.3 is 0 Å². The summed E-state index contributed by atoms with van der Waals surface area (Å²) in [6.45, 7) is 0. The van der Waals surface area contributed by atoms with E-state index in [9.17, 15) is 9.59 Å². The third-order valence-corrected chi connectivity index (χ3v) is 18.1. The van der Waals surface area contributed by atoms with Crippen molar-refractivity contribution in [2.75, 3.05) is 4.90 Å². The van der Waals surface area contributed by atoms with Crippen molar-refractivity contribution < 1.29 is 9.59 Å². The summed E-state index contributed by atoms with van der Waals surface area (Å²) in [5, 5.41) is 0. The second-order valence-corrected chi connectivity index (χ2v) is 19.1. The maximum atomic E-state index is 13.6. The number of nitrogens with zero attached hydrogens (tertiary/aromatic N) is 1. The molecule has 1 aliphatic heterocycles. The van der Waals surface area contributed by atoms with Crippen LogP contribution in [-0.2, 0) is 12.3 Å². The fourth-order valence-electron chi connectivity index (χ4n) is 8.85. The van der Waals surface area contributed by atoms with E-state index in [1.807, 2.05) is 24.3 Å². The molecule has 3 nitrogen and oxygen atoms in total. The molecule has 5 aliphatic rings. The molecule has 0 aromatic heterocycles. The number of hydrogen-bond donors (Lipinski definition) is 0. The van der Waals surface area contributed by atoms with E-state index in [0.717, 1.165) is 40.6 Å². The Balaban J connectivity index is 1.25. The average molecular weight is 587 g/mol. The molecular formula is C36H46NO2P2-. The van der Waals surface area contributed by atoms with Crippen LogP contribution in [0.3, 0.4) is 0 Å². The van der Waals surface area contributed by atoms with Crippen LogP contribution >= 0.6 is 15.8 Å². The van der Waals surface area contributed by atoms with Gasteiger partial charge in [-0.3, -0.25) is 14.5 Å². The molecule has 218 valence electrons. The van der Waals surface area contributed by atoms with Gasteiger partial charge in [0.2, 0.25) is 0 Å². The predicted molar refractivity (Wildman–Crippen MR) is 173 cm³/mol. The highest BCUT2D eigenvalue weighted by molar-refractivity contribution is 7.58. The summed E-state index contributed by atoms with van der Waals surface area (Å²) in [5.41, 5.74) is 8.03. The van der Waals surface area contributed by atoms with E-state index in [1.165, 1.54) is 119 Å². The molecule has 0 bridgehead atoms. The molecular weight excluding hydrogens is 540 g/mol. The van der Waals surface area contributed by atoms with Gasteiger partial charge in [0.15, 0.2) is 0 Å². The van der Waals surface area contributed by atoms with Crippen LogP contribution in [0.15, 0.2) is 36.4 Å². The summed E-state index contributed by atoms with van der Waals surface area (Å²) >= 11 is 0. The lowest BCUT2D eigenvalue weighted by atomic mass is 10.1. The van der Waals surface area contributed by atoms with E-state index in [1.54, 1.807) is 0 Å². The number of carbonyl (C=O) groups is 2. The lowest BCUT2D eigenvalue weighted by Crippen LogP contribution is -2.29. The Bertz CT molecular complexity index is 1130. The van der Waals surface area contributed by atoms with Crippen molar-refractivity contribution >= 4 is 33.3 Å². The quantitative estimate of drug-likeness (QED) is 0.167. The highest BCUT2D eigenvalue weighted by atomic mass is 31.1. The summed E-state index contributed by atoms with van der Waals surface area (Å²) < 4.78 is 0. The number of hydrogen-bond acceptors (Lipinski definition) is 2. The first-order chi connectivity index (χ1) is 20.2. The van der Waals surface area contributed by atoms with Crippen LogP contribution < -0.4 is 4.90 Å². The van der Waals surface area contributed by atoms with Gasteiger partial charge in [0.05, 0.1) is 11.1 Å². The van der Waals surface area contributed by atoms with Crippen molar-refractivity contribution in [1.82, 2.24) is 0 Å². The van der Waals surface area contributed by atoms with Crippen molar-refractivity contribution in [2.24, 2.45) is 0 Å². The fourth-order valence-corrected chi connectivity index (χ4v) is 16.3. The van der Waals surface area contributed by atoms with Crippen LogP contribution in [0.4, 0.5) is 5.69 Å². The van der Waals surface area contributed by atoms with Crippen molar-refractivity contribution in [3.8, 4) is 0 Å². The first kappa shape index (κ1) is 28.2. The molecule has 0 saturated heterocycles. The standard InChI is InChI=1S/C36H46NO2P2/c38-35-33-19-9-10-20-34(33)36(39)37(35)28-22-26(24-40(29-11-1-2-12-29)30-13-3-4-14-30)21-27(23-28)25-41(31-15-5-6-16-31)32-17-7-8-18-32/h9-10,19-20,22-23,29-32H,1-8,11-18,24-25H2/q-1. The zero-order valence-corrected chi connectivity index (χ0v) is 26.4. The topological polar surface area (TPSA) is 37.4 Å². The molecule has 2 aromatic carbocycles. The molecule has 0 spiro atoms. The number of benzene rings is 2. The number of rotatable bonds is 9. The van der Waals surface area contributed by atoms with Gasteiger partial charge in [-0.15, -0.1) is 12.1 Å². The molecule has 4 aliphatic carbocycles. The van der Waals surface area contributed by atoms with Gasteiger partial charge in [0, 0.05) is 0 Å². The molecule has 0 N–H and O–H groups in total.